The third-order valence-corrected chi connectivity index (χ3v) is 3.84. The highest BCUT2D eigenvalue weighted by molar-refractivity contribution is 4.87. The molecule has 2 unspecified atom stereocenters. The van der Waals surface area contributed by atoms with Crippen LogP contribution in [0.5, 0.6) is 0 Å². The lowest BCUT2D eigenvalue weighted by Gasteiger charge is -2.30. The molecule has 0 heterocycles. The Morgan fingerprint density at radius 2 is 1.75 bits per heavy atom. The maximum absolute atomic E-state index is 12.0. The first-order valence-corrected chi connectivity index (χ1v) is 6.35. The van der Waals surface area contributed by atoms with E-state index >= 15 is 0 Å². The minimum absolute atomic E-state index is 0.0888. The Morgan fingerprint density at radius 3 is 2.38 bits per heavy atom. The summed E-state index contributed by atoms with van der Waals surface area (Å²) in [6.07, 6.45) is 2.62. The molecule has 0 aromatic heterocycles. The molecule has 0 bridgehead atoms. The molecule has 0 aromatic rings. The summed E-state index contributed by atoms with van der Waals surface area (Å²) in [6, 6.07) is 0.335. The molecule has 0 aliphatic heterocycles. The number of hydrogen-bond acceptors (Lipinski definition) is 1. The SMILES string of the molecule is FC(F)(F)CCNC1CCCC(C2CC2)C1. The van der Waals surface area contributed by atoms with Crippen LogP contribution >= 0.6 is 0 Å². The topological polar surface area (TPSA) is 12.0 Å². The molecular weight excluding hydrogens is 215 g/mol. The van der Waals surface area contributed by atoms with E-state index in [-0.39, 0.29) is 6.54 Å². The Bertz CT molecular complexity index is 223. The molecule has 2 rings (SSSR count). The lowest BCUT2D eigenvalue weighted by Crippen LogP contribution is -2.36. The van der Waals surface area contributed by atoms with Crippen molar-refractivity contribution < 1.29 is 13.2 Å². The van der Waals surface area contributed by atoms with Crippen LogP contribution in [0.1, 0.15) is 44.9 Å². The summed E-state index contributed by atoms with van der Waals surface area (Å²) in [7, 11) is 0. The van der Waals surface area contributed by atoms with Crippen molar-refractivity contribution in [1.82, 2.24) is 5.32 Å². The van der Waals surface area contributed by atoms with Crippen LogP contribution in [0.3, 0.4) is 0 Å². The van der Waals surface area contributed by atoms with E-state index in [2.05, 4.69) is 5.32 Å². The van der Waals surface area contributed by atoms with Gasteiger partial charge in [-0.15, -0.1) is 0 Å². The largest absolute Gasteiger partial charge is 0.390 e. The molecule has 16 heavy (non-hydrogen) atoms. The average molecular weight is 235 g/mol. The number of alkyl halides is 3. The number of hydrogen-bond donors (Lipinski definition) is 1. The van der Waals surface area contributed by atoms with E-state index in [4.69, 9.17) is 0 Å². The molecule has 0 saturated heterocycles. The molecule has 94 valence electrons. The first-order valence-electron chi connectivity index (χ1n) is 6.35. The van der Waals surface area contributed by atoms with Gasteiger partial charge >= 0.3 is 6.18 Å². The van der Waals surface area contributed by atoms with Crippen molar-refractivity contribution in [2.24, 2.45) is 11.8 Å². The molecule has 2 atom stereocenters. The van der Waals surface area contributed by atoms with Gasteiger partial charge in [-0.25, -0.2) is 0 Å². The zero-order chi connectivity index (χ0) is 11.6. The van der Waals surface area contributed by atoms with Crippen molar-refractivity contribution in [2.75, 3.05) is 6.54 Å². The van der Waals surface area contributed by atoms with Gasteiger partial charge in [0.1, 0.15) is 0 Å². The molecule has 2 fully saturated rings. The Hall–Kier alpha value is -0.250. The van der Waals surface area contributed by atoms with E-state index in [0.717, 1.165) is 24.7 Å². The van der Waals surface area contributed by atoms with E-state index in [0.29, 0.717) is 6.04 Å². The van der Waals surface area contributed by atoms with E-state index < -0.39 is 12.6 Å². The lowest BCUT2D eigenvalue weighted by molar-refractivity contribution is -0.133. The van der Waals surface area contributed by atoms with Gasteiger partial charge in [-0.05, 0) is 37.5 Å². The Balaban J connectivity index is 1.65. The van der Waals surface area contributed by atoms with Crippen LogP contribution in [0.4, 0.5) is 13.2 Å². The fourth-order valence-corrected chi connectivity index (χ4v) is 2.83. The van der Waals surface area contributed by atoms with Gasteiger partial charge in [0.15, 0.2) is 0 Å². The van der Waals surface area contributed by atoms with E-state index in [1.54, 1.807) is 0 Å². The highest BCUT2D eigenvalue weighted by Gasteiger charge is 2.34. The minimum atomic E-state index is -4.02. The van der Waals surface area contributed by atoms with E-state index in [1.165, 1.54) is 25.7 Å². The molecule has 1 N–H and O–H groups in total. The van der Waals surface area contributed by atoms with Crippen LogP contribution < -0.4 is 5.32 Å². The highest BCUT2D eigenvalue weighted by Crippen LogP contribution is 2.43. The van der Waals surface area contributed by atoms with Gasteiger partial charge < -0.3 is 5.32 Å². The molecular formula is C12H20F3N. The smallest absolute Gasteiger partial charge is 0.314 e. The summed E-state index contributed by atoms with van der Waals surface area (Å²) in [5.41, 5.74) is 0. The van der Waals surface area contributed by atoms with Crippen LogP contribution in [0.25, 0.3) is 0 Å². The summed E-state index contributed by atoms with van der Waals surface area (Å²) in [5.74, 6) is 1.68. The van der Waals surface area contributed by atoms with Crippen molar-refractivity contribution in [3.63, 3.8) is 0 Å². The Labute approximate surface area is 94.8 Å². The van der Waals surface area contributed by atoms with Gasteiger partial charge in [0.25, 0.3) is 0 Å². The standard InChI is InChI=1S/C12H20F3N/c13-12(14,15)6-7-16-11-3-1-2-10(8-11)9-4-5-9/h9-11,16H,1-8H2. The van der Waals surface area contributed by atoms with Crippen LogP contribution in [0.15, 0.2) is 0 Å². The normalized spacial score (nSPS) is 31.7. The maximum atomic E-state index is 12.0. The third-order valence-electron chi connectivity index (χ3n) is 3.84. The second-order valence-corrected chi connectivity index (χ2v) is 5.28. The van der Waals surface area contributed by atoms with Gasteiger partial charge in [0, 0.05) is 12.6 Å². The fraction of sp³-hybridized carbons (Fsp3) is 1.00. The molecule has 0 amide bonds. The van der Waals surface area contributed by atoms with Crippen molar-refractivity contribution in [3.05, 3.63) is 0 Å². The van der Waals surface area contributed by atoms with Gasteiger partial charge in [-0.2, -0.15) is 13.2 Å². The lowest BCUT2D eigenvalue weighted by atomic mass is 9.83. The van der Waals surface area contributed by atoms with E-state index in [9.17, 15) is 13.2 Å². The zero-order valence-corrected chi connectivity index (χ0v) is 9.52. The molecule has 0 aromatic carbocycles. The Kier molecular flexibility index (Phi) is 3.77. The molecule has 1 nitrogen and oxygen atoms in total. The van der Waals surface area contributed by atoms with Crippen LogP contribution in [-0.2, 0) is 0 Å². The van der Waals surface area contributed by atoms with Crippen molar-refractivity contribution >= 4 is 0 Å². The number of rotatable bonds is 4. The van der Waals surface area contributed by atoms with Gasteiger partial charge in [0.2, 0.25) is 0 Å². The maximum Gasteiger partial charge on any atom is 0.390 e. The van der Waals surface area contributed by atoms with Gasteiger partial charge in [-0.3, -0.25) is 0 Å². The van der Waals surface area contributed by atoms with Crippen molar-refractivity contribution in [3.8, 4) is 0 Å². The van der Waals surface area contributed by atoms with Crippen molar-refractivity contribution in [2.45, 2.75) is 57.2 Å². The average Bonchev–Trinajstić information content (AvgIpc) is 2.99. The molecule has 2 aliphatic rings. The van der Waals surface area contributed by atoms with E-state index in [1.807, 2.05) is 0 Å². The van der Waals surface area contributed by atoms with Crippen LogP contribution in [0.2, 0.25) is 0 Å². The van der Waals surface area contributed by atoms with Crippen LogP contribution in [0, 0.1) is 11.8 Å². The third kappa shape index (κ3) is 3.96. The molecule has 0 radical (unpaired) electrons. The predicted octanol–water partition coefficient (Wildman–Crippen LogP) is 3.50. The quantitative estimate of drug-likeness (QED) is 0.786. The van der Waals surface area contributed by atoms with Gasteiger partial charge in [0.05, 0.1) is 6.42 Å². The molecule has 0 spiro atoms. The first kappa shape index (κ1) is 12.2. The molecule has 4 heteroatoms. The Morgan fingerprint density at radius 1 is 1.00 bits per heavy atom. The summed E-state index contributed by atoms with van der Waals surface area (Å²) in [5, 5.41) is 3.07. The summed E-state index contributed by atoms with van der Waals surface area (Å²) >= 11 is 0. The second kappa shape index (κ2) is 4.94. The summed E-state index contributed by atoms with van der Waals surface area (Å²) in [6.45, 7) is 0.0888. The minimum Gasteiger partial charge on any atom is -0.314 e. The number of halogens is 3. The monoisotopic (exact) mass is 235 g/mol. The highest BCUT2D eigenvalue weighted by atomic mass is 19.4. The molecule has 2 saturated carbocycles. The first-order chi connectivity index (χ1) is 7.54. The van der Waals surface area contributed by atoms with Crippen molar-refractivity contribution in [1.29, 1.82) is 0 Å². The summed E-state index contributed by atoms with van der Waals surface area (Å²) < 4.78 is 36.0. The molecule has 2 aliphatic carbocycles. The summed E-state index contributed by atoms with van der Waals surface area (Å²) in [4.78, 5) is 0. The predicted molar refractivity (Wildman–Crippen MR) is 57.1 cm³/mol. The van der Waals surface area contributed by atoms with Crippen LogP contribution in [-0.4, -0.2) is 18.8 Å². The number of nitrogens with one attached hydrogen (secondary N) is 1. The fourth-order valence-electron chi connectivity index (χ4n) is 2.83. The zero-order valence-electron chi connectivity index (χ0n) is 9.52. The van der Waals surface area contributed by atoms with Gasteiger partial charge in [-0.1, -0.05) is 12.8 Å². The second-order valence-electron chi connectivity index (χ2n) is 5.28.